The van der Waals surface area contributed by atoms with Crippen LogP contribution in [0.25, 0.3) is 0 Å². The quantitative estimate of drug-likeness (QED) is 0.606. The maximum atomic E-state index is 10.9. The van der Waals surface area contributed by atoms with Crippen molar-refractivity contribution in [2.45, 2.75) is 19.5 Å². The molecule has 0 saturated carbocycles. The molecule has 0 amide bonds. The molecule has 1 atom stereocenters. The fourth-order valence-electron chi connectivity index (χ4n) is 2.47. The highest BCUT2D eigenvalue weighted by Crippen LogP contribution is 2.24. The summed E-state index contributed by atoms with van der Waals surface area (Å²) in [6.45, 7) is 5.11. The van der Waals surface area contributed by atoms with Gasteiger partial charge in [0, 0.05) is 37.5 Å². The highest BCUT2D eigenvalue weighted by Gasteiger charge is 2.23. The Kier molecular flexibility index (Phi) is 5.49. The summed E-state index contributed by atoms with van der Waals surface area (Å²) in [4.78, 5) is 12.7. The van der Waals surface area contributed by atoms with Gasteiger partial charge in [-0.15, -0.1) is 0 Å². The van der Waals surface area contributed by atoms with E-state index in [1.165, 1.54) is 6.07 Å². The number of morpholine rings is 1. The number of nitrogens with zero attached hydrogens (tertiary/aromatic N) is 2. The molecule has 7 heteroatoms. The minimum Gasteiger partial charge on any atom is -0.395 e. The van der Waals surface area contributed by atoms with Crippen molar-refractivity contribution in [2.75, 3.05) is 38.2 Å². The molecule has 0 spiro atoms. The van der Waals surface area contributed by atoms with Crippen molar-refractivity contribution in [1.82, 2.24) is 4.90 Å². The van der Waals surface area contributed by atoms with Gasteiger partial charge in [0.2, 0.25) is 0 Å². The van der Waals surface area contributed by atoms with Crippen molar-refractivity contribution in [3.63, 3.8) is 0 Å². The zero-order valence-electron chi connectivity index (χ0n) is 12.1. The second-order valence-corrected chi connectivity index (χ2v) is 5.01. The van der Waals surface area contributed by atoms with Crippen LogP contribution in [-0.2, 0) is 11.3 Å². The number of ether oxygens (including phenoxy) is 1. The van der Waals surface area contributed by atoms with E-state index in [1.807, 2.05) is 6.92 Å². The molecule has 116 valence electrons. The molecule has 1 aromatic carbocycles. The summed E-state index contributed by atoms with van der Waals surface area (Å²) in [5, 5.41) is 23.6. The number of non-ortho nitro benzene ring substituents is 1. The third kappa shape index (κ3) is 3.90. The molecule has 1 saturated heterocycles. The minimum atomic E-state index is -0.387. The normalized spacial score (nSPS) is 19.4. The molecule has 1 aliphatic rings. The maximum Gasteiger partial charge on any atom is 0.269 e. The van der Waals surface area contributed by atoms with E-state index in [0.29, 0.717) is 26.3 Å². The van der Waals surface area contributed by atoms with E-state index in [-0.39, 0.29) is 23.3 Å². The van der Waals surface area contributed by atoms with Gasteiger partial charge in [-0.1, -0.05) is 0 Å². The summed E-state index contributed by atoms with van der Waals surface area (Å²) in [6, 6.07) is 4.78. The van der Waals surface area contributed by atoms with Crippen LogP contribution in [0.3, 0.4) is 0 Å². The molecule has 21 heavy (non-hydrogen) atoms. The average molecular weight is 295 g/mol. The van der Waals surface area contributed by atoms with E-state index in [9.17, 15) is 15.2 Å². The Labute approximate surface area is 123 Å². The maximum absolute atomic E-state index is 10.9. The second kappa shape index (κ2) is 7.35. The topological polar surface area (TPSA) is 87.9 Å². The lowest BCUT2D eigenvalue weighted by Gasteiger charge is -2.34. The molecular formula is C14H21N3O4. The van der Waals surface area contributed by atoms with E-state index < -0.39 is 0 Å². The van der Waals surface area contributed by atoms with E-state index in [0.717, 1.165) is 17.8 Å². The van der Waals surface area contributed by atoms with Crippen LogP contribution in [0, 0.1) is 10.1 Å². The Morgan fingerprint density at radius 1 is 1.57 bits per heavy atom. The van der Waals surface area contributed by atoms with Crippen LogP contribution in [0.4, 0.5) is 11.4 Å². The van der Waals surface area contributed by atoms with Gasteiger partial charge in [0.25, 0.3) is 5.69 Å². The number of hydrogen-bond acceptors (Lipinski definition) is 6. The number of nitrogens with one attached hydrogen (secondary N) is 1. The Morgan fingerprint density at radius 2 is 2.38 bits per heavy atom. The molecule has 2 N–H and O–H groups in total. The first-order valence-electron chi connectivity index (χ1n) is 7.09. The molecule has 0 aliphatic carbocycles. The molecule has 1 unspecified atom stereocenters. The van der Waals surface area contributed by atoms with Crippen molar-refractivity contribution >= 4 is 11.4 Å². The lowest BCUT2D eigenvalue weighted by atomic mass is 10.1. The molecule has 1 aliphatic heterocycles. The summed E-state index contributed by atoms with van der Waals surface area (Å²) < 4.78 is 5.36. The fourth-order valence-corrected chi connectivity index (χ4v) is 2.47. The van der Waals surface area contributed by atoms with E-state index in [4.69, 9.17) is 4.74 Å². The van der Waals surface area contributed by atoms with E-state index in [2.05, 4.69) is 10.2 Å². The Hall–Kier alpha value is -1.70. The SMILES string of the molecule is CCNc1ccc([N+](=O)[O-])cc1CN1CCOCC1CO. The molecule has 1 heterocycles. The van der Waals surface area contributed by atoms with Gasteiger partial charge in [0.15, 0.2) is 0 Å². The summed E-state index contributed by atoms with van der Waals surface area (Å²) in [6.07, 6.45) is 0. The molecule has 0 radical (unpaired) electrons. The lowest BCUT2D eigenvalue weighted by Crippen LogP contribution is -2.46. The highest BCUT2D eigenvalue weighted by molar-refractivity contribution is 5.56. The molecule has 1 fully saturated rings. The Morgan fingerprint density at radius 3 is 3.05 bits per heavy atom. The highest BCUT2D eigenvalue weighted by atomic mass is 16.6. The number of nitro benzene ring substituents is 1. The summed E-state index contributed by atoms with van der Waals surface area (Å²) in [5.41, 5.74) is 1.85. The molecule has 7 nitrogen and oxygen atoms in total. The van der Waals surface area contributed by atoms with Gasteiger partial charge in [-0.2, -0.15) is 0 Å². The van der Waals surface area contributed by atoms with Crippen LogP contribution >= 0.6 is 0 Å². The number of rotatable bonds is 6. The zero-order chi connectivity index (χ0) is 15.2. The number of aliphatic hydroxyl groups is 1. The summed E-state index contributed by atoms with van der Waals surface area (Å²) in [5.74, 6) is 0. The Bertz CT molecular complexity index is 495. The first kappa shape index (κ1) is 15.7. The molecular weight excluding hydrogens is 274 g/mol. The minimum absolute atomic E-state index is 0.0193. The van der Waals surface area contributed by atoms with Crippen molar-refractivity contribution in [1.29, 1.82) is 0 Å². The smallest absolute Gasteiger partial charge is 0.269 e. The number of nitro groups is 1. The van der Waals surface area contributed by atoms with Gasteiger partial charge in [0.1, 0.15) is 0 Å². The van der Waals surface area contributed by atoms with Crippen LogP contribution in [0.5, 0.6) is 0 Å². The van der Waals surface area contributed by atoms with Gasteiger partial charge in [0.05, 0.1) is 30.8 Å². The van der Waals surface area contributed by atoms with Crippen molar-refractivity contribution in [2.24, 2.45) is 0 Å². The third-order valence-corrected chi connectivity index (χ3v) is 3.60. The van der Waals surface area contributed by atoms with Crippen LogP contribution in [-0.4, -0.2) is 53.9 Å². The van der Waals surface area contributed by atoms with Crippen LogP contribution in [0.2, 0.25) is 0 Å². The predicted molar refractivity (Wildman–Crippen MR) is 79.4 cm³/mol. The summed E-state index contributed by atoms with van der Waals surface area (Å²) >= 11 is 0. The van der Waals surface area contributed by atoms with Gasteiger partial charge in [-0.3, -0.25) is 15.0 Å². The summed E-state index contributed by atoms with van der Waals surface area (Å²) in [7, 11) is 0. The van der Waals surface area contributed by atoms with Gasteiger partial charge in [-0.25, -0.2) is 0 Å². The largest absolute Gasteiger partial charge is 0.395 e. The molecule has 0 bridgehead atoms. The van der Waals surface area contributed by atoms with Gasteiger partial charge >= 0.3 is 0 Å². The number of aliphatic hydroxyl groups excluding tert-OH is 1. The van der Waals surface area contributed by atoms with Gasteiger partial charge < -0.3 is 15.2 Å². The molecule has 0 aromatic heterocycles. The van der Waals surface area contributed by atoms with Gasteiger partial charge in [-0.05, 0) is 18.6 Å². The standard InChI is InChI=1S/C14H21N3O4/c1-2-15-14-4-3-12(17(19)20)7-11(14)8-16-5-6-21-10-13(16)9-18/h3-4,7,13,15,18H,2,5-6,8-10H2,1H3. The predicted octanol–water partition coefficient (Wildman–Crippen LogP) is 1.22. The average Bonchev–Trinajstić information content (AvgIpc) is 2.49. The number of benzene rings is 1. The van der Waals surface area contributed by atoms with Crippen LogP contribution in [0.15, 0.2) is 18.2 Å². The molecule has 1 aromatic rings. The molecule has 2 rings (SSSR count). The van der Waals surface area contributed by atoms with E-state index in [1.54, 1.807) is 12.1 Å². The first-order valence-corrected chi connectivity index (χ1v) is 7.09. The van der Waals surface area contributed by atoms with Crippen molar-refractivity contribution in [3.05, 3.63) is 33.9 Å². The fraction of sp³-hybridized carbons (Fsp3) is 0.571. The first-order chi connectivity index (χ1) is 10.2. The van der Waals surface area contributed by atoms with Crippen molar-refractivity contribution < 1.29 is 14.8 Å². The lowest BCUT2D eigenvalue weighted by molar-refractivity contribution is -0.384. The van der Waals surface area contributed by atoms with E-state index >= 15 is 0 Å². The second-order valence-electron chi connectivity index (χ2n) is 5.01. The number of hydrogen-bond donors (Lipinski definition) is 2. The third-order valence-electron chi connectivity index (χ3n) is 3.60. The zero-order valence-corrected chi connectivity index (χ0v) is 12.1. The Balaban J connectivity index is 2.22. The monoisotopic (exact) mass is 295 g/mol. The van der Waals surface area contributed by atoms with Crippen molar-refractivity contribution in [3.8, 4) is 0 Å². The van der Waals surface area contributed by atoms with Crippen LogP contribution in [0.1, 0.15) is 12.5 Å². The van der Waals surface area contributed by atoms with Crippen LogP contribution < -0.4 is 5.32 Å². The number of anilines is 1.